The number of nitrogens with two attached hydrogens (primary N) is 1. The van der Waals surface area contributed by atoms with Crippen LogP contribution in [0.15, 0.2) is 39.5 Å². The SMILES string of the molecule is Nc1ccc2c(=O)c3cc(F)ccc3oc2n1. The average Bonchev–Trinajstić information content (AvgIpc) is 2.30. The van der Waals surface area contributed by atoms with E-state index >= 15 is 0 Å². The van der Waals surface area contributed by atoms with Crippen molar-refractivity contribution < 1.29 is 8.81 Å². The summed E-state index contributed by atoms with van der Waals surface area (Å²) in [5.41, 5.74) is 5.65. The Morgan fingerprint density at radius 1 is 1.18 bits per heavy atom. The Morgan fingerprint density at radius 2 is 2.00 bits per heavy atom. The summed E-state index contributed by atoms with van der Waals surface area (Å²) in [5.74, 6) is -0.213. The van der Waals surface area contributed by atoms with E-state index in [1.807, 2.05) is 0 Å². The van der Waals surface area contributed by atoms with Crippen molar-refractivity contribution in [2.45, 2.75) is 0 Å². The molecule has 0 saturated heterocycles. The molecule has 0 radical (unpaired) electrons. The minimum absolute atomic E-state index is 0.161. The summed E-state index contributed by atoms with van der Waals surface area (Å²) in [5, 5.41) is 0.487. The predicted molar refractivity (Wildman–Crippen MR) is 62.2 cm³/mol. The monoisotopic (exact) mass is 230 g/mol. The standard InChI is InChI=1S/C12H7FN2O2/c13-6-1-3-9-8(5-6)11(16)7-2-4-10(14)15-12(7)17-9/h1-5H,(H2,14,15). The maximum atomic E-state index is 13.1. The van der Waals surface area contributed by atoms with Crippen LogP contribution in [0.2, 0.25) is 0 Å². The van der Waals surface area contributed by atoms with Gasteiger partial charge in [-0.1, -0.05) is 0 Å². The molecule has 0 saturated carbocycles. The third-order valence-corrected chi connectivity index (χ3v) is 2.52. The van der Waals surface area contributed by atoms with Crippen LogP contribution in [0, 0.1) is 5.82 Å². The highest BCUT2D eigenvalue weighted by Gasteiger charge is 2.09. The lowest BCUT2D eigenvalue weighted by Gasteiger charge is -2.01. The van der Waals surface area contributed by atoms with Crippen LogP contribution in [-0.2, 0) is 0 Å². The van der Waals surface area contributed by atoms with Crippen LogP contribution in [-0.4, -0.2) is 4.98 Å². The van der Waals surface area contributed by atoms with E-state index in [4.69, 9.17) is 10.2 Å². The van der Waals surface area contributed by atoms with E-state index in [1.165, 1.54) is 24.3 Å². The first-order valence-electron chi connectivity index (χ1n) is 4.94. The molecule has 0 unspecified atom stereocenters. The van der Waals surface area contributed by atoms with Gasteiger partial charge in [-0.15, -0.1) is 0 Å². The summed E-state index contributed by atoms with van der Waals surface area (Å²) in [6.07, 6.45) is 0. The maximum absolute atomic E-state index is 13.1. The van der Waals surface area contributed by atoms with Crippen LogP contribution in [0.25, 0.3) is 22.1 Å². The highest BCUT2D eigenvalue weighted by Crippen LogP contribution is 2.18. The molecule has 2 heterocycles. The van der Waals surface area contributed by atoms with E-state index in [1.54, 1.807) is 0 Å². The average molecular weight is 230 g/mol. The van der Waals surface area contributed by atoms with Crippen LogP contribution in [0.5, 0.6) is 0 Å². The number of benzene rings is 1. The highest BCUT2D eigenvalue weighted by molar-refractivity contribution is 5.88. The minimum atomic E-state index is -0.479. The highest BCUT2D eigenvalue weighted by atomic mass is 19.1. The number of hydrogen-bond acceptors (Lipinski definition) is 4. The van der Waals surface area contributed by atoms with Crippen molar-refractivity contribution in [3.05, 3.63) is 46.4 Å². The smallest absolute Gasteiger partial charge is 0.232 e. The van der Waals surface area contributed by atoms with Gasteiger partial charge in [-0.05, 0) is 30.3 Å². The molecule has 0 spiro atoms. The zero-order valence-corrected chi connectivity index (χ0v) is 8.61. The van der Waals surface area contributed by atoms with Crippen molar-refractivity contribution in [1.82, 2.24) is 4.98 Å². The molecular formula is C12H7FN2O2. The van der Waals surface area contributed by atoms with Gasteiger partial charge in [-0.2, -0.15) is 4.98 Å². The molecule has 17 heavy (non-hydrogen) atoms. The van der Waals surface area contributed by atoms with Gasteiger partial charge < -0.3 is 10.2 Å². The number of halogens is 1. The minimum Gasteiger partial charge on any atom is -0.437 e. The molecule has 0 aliphatic heterocycles. The van der Waals surface area contributed by atoms with Crippen LogP contribution in [0.1, 0.15) is 0 Å². The molecule has 0 bridgehead atoms. The number of aromatic nitrogens is 1. The zero-order valence-electron chi connectivity index (χ0n) is 8.61. The fourth-order valence-electron chi connectivity index (χ4n) is 1.72. The number of fused-ring (bicyclic) bond motifs is 2. The van der Waals surface area contributed by atoms with Crippen molar-refractivity contribution in [2.24, 2.45) is 0 Å². The molecule has 3 aromatic rings. The van der Waals surface area contributed by atoms with E-state index in [0.717, 1.165) is 6.07 Å². The van der Waals surface area contributed by atoms with Crippen molar-refractivity contribution >= 4 is 27.9 Å². The Labute approximate surface area is 94.5 Å². The Kier molecular flexibility index (Phi) is 1.89. The first-order chi connectivity index (χ1) is 8.15. The van der Waals surface area contributed by atoms with E-state index in [0.29, 0.717) is 5.58 Å². The Morgan fingerprint density at radius 3 is 2.82 bits per heavy atom. The summed E-state index contributed by atoms with van der Waals surface area (Å²) < 4.78 is 18.5. The van der Waals surface area contributed by atoms with Gasteiger partial charge in [0, 0.05) is 0 Å². The van der Waals surface area contributed by atoms with Gasteiger partial charge in [0.15, 0.2) is 0 Å². The molecule has 0 atom stereocenters. The number of hydrogen-bond donors (Lipinski definition) is 1. The number of nitrogens with zero attached hydrogens (tertiary/aromatic N) is 1. The molecule has 0 aliphatic rings. The molecule has 4 nitrogen and oxygen atoms in total. The molecule has 84 valence electrons. The molecule has 1 aromatic carbocycles. The van der Waals surface area contributed by atoms with Crippen molar-refractivity contribution in [3.8, 4) is 0 Å². The second-order valence-corrected chi connectivity index (χ2v) is 3.66. The second-order valence-electron chi connectivity index (χ2n) is 3.66. The maximum Gasteiger partial charge on any atom is 0.232 e. The van der Waals surface area contributed by atoms with Crippen LogP contribution in [0.3, 0.4) is 0 Å². The number of anilines is 1. The van der Waals surface area contributed by atoms with Gasteiger partial charge in [0.05, 0.1) is 10.8 Å². The van der Waals surface area contributed by atoms with Gasteiger partial charge >= 0.3 is 0 Å². The number of nitrogen functional groups attached to an aromatic ring is 1. The predicted octanol–water partition coefficient (Wildman–Crippen LogP) is 2.06. The second kappa shape index (κ2) is 3.28. The molecular weight excluding hydrogens is 223 g/mol. The quantitative estimate of drug-likeness (QED) is 0.600. The number of rotatable bonds is 0. The van der Waals surface area contributed by atoms with E-state index in [9.17, 15) is 9.18 Å². The van der Waals surface area contributed by atoms with Crippen molar-refractivity contribution in [3.63, 3.8) is 0 Å². The van der Waals surface area contributed by atoms with E-state index in [2.05, 4.69) is 4.98 Å². The first kappa shape index (κ1) is 9.77. The normalized spacial score (nSPS) is 11.1. The molecule has 3 rings (SSSR count). The molecule has 0 amide bonds. The summed E-state index contributed by atoms with van der Waals surface area (Å²) in [4.78, 5) is 16.0. The number of pyridine rings is 1. The van der Waals surface area contributed by atoms with Crippen LogP contribution in [0.4, 0.5) is 10.2 Å². The third kappa shape index (κ3) is 1.44. The van der Waals surface area contributed by atoms with Crippen LogP contribution < -0.4 is 11.2 Å². The topological polar surface area (TPSA) is 69.1 Å². The molecule has 0 fully saturated rings. The van der Waals surface area contributed by atoms with Gasteiger partial charge in [-0.25, -0.2) is 4.39 Å². The molecule has 0 aliphatic carbocycles. The lowest BCUT2D eigenvalue weighted by Crippen LogP contribution is -2.04. The summed E-state index contributed by atoms with van der Waals surface area (Å²) in [6, 6.07) is 6.80. The van der Waals surface area contributed by atoms with Gasteiger partial charge in [0.2, 0.25) is 11.1 Å². The van der Waals surface area contributed by atoms with Gasteiger partial charge in [0.1, 0.15) is 17.2 Å². The lowest BCUT2D eigenvalue weighted by atomic mass is 10.2. The van der Waals surface area contributed by atoms with Gasteiger partial charge in [-0.3, -0.25) is 4.79 Å². The summed E-state index contributed by atoms with van der Waals surface area (Å²) >= 11 is 0. The van der Waals surface area contributed by atoms with Gasteiger partial charge in [0.25, 0.3) is 0 Å². The molecule has 5 heteroatoms. The third-order valence-electron chi connectivity index (χ3n) is 2.52. The summed E-state index contributed by atoms with van der Waals surface area (Å²) in [6.45, 7) is 0. The van der Waals surface area contributed by atoms with E-state index in [-0.39, 0.29) is 27.7 Å². The van der Waals surface area contributed by atoms with E-state index < -0.39 is 5.82 Å². The fraction of sp³-hybridized carbons (Fsp3) is 0. The Balaban J connectivity index is 2.57. The fourth-order valence-corrected chi connectivity index (χ4v) is 1.72. The Bertz CT molecular complexity index is 795. The largest absolute Gasteiger partial charge is 0.437 e. The first-order valence-corrected chi connectivity index (χ1v) is 4.94. The van der Waals surface area contributed by atoms with Crippen molar-refractivity contribution in [2.75, 3.05) is 5.73 Å². The lowest BCUT2D eigenvalue weighted by molar-refractivity contribution is 0.621. The molecule has 2 aromatic heterocycles. The van der Waals surface area contributed by atoms with Crippen LogP contribution >= 0.6 is 0 Å². The summed E-state index contributed by atoms with van der Waals surface area (Å²) in [7, 11) is 0. The Hall–Kier alpha value is -2.43. The zero-order chi connectivity index (χ0) is 12.0. The molecule has 2 N–H and O–H groups in total. The van der Waals surface area contributed by atoms with Crippen molar-refractivity contribution in [1.29, 1.82) is 0 Å².